The molecule has 0 saturated heterocycles. The zero-order valence-corrected chi connectivity index (χ0v) is 14.0. The lowest BCUT2D eigenvalue weighted by Gasteiger charge is -2.10. The Morgan fingerprint density at radius 3 is 2.39 bits per heavy atom. The van der Waals surface area contributed by atoms with Gasteiger partial charge in [-0.25, -0.2) is 0 Å². The molecule has 18 heavy (non-hydrogen) atoms. The Balaban J connectivity index is 2.11. The Kier molecular flexibility index (Phi) is 4.70. The lowest BCUT2D eigenvalue weighted by atomic mass is 10.2. The second kappa shape index (κ2) is 6.08. The number of hydrogen-bond donors (Lipinski definition) is 1. The number of benzene rings is 2. The van der Waals surface area contributed by atoms with Crippen molar-refractivity contribution in [3.63, 3.8) is 0 Å². The average Bonchev–Trinajstić information content (AvgIpc) is 2.30. The molecule has 2 aromatic carbocycles. The Hall–Kier alpha value is -0.520. The van der Waals surface area contributed by atoms with Crippen molar-refractivity contribution in [2.45, 2.75) is 6.61 Å². The first kappa shape index (κ1) is 13.9. The van der Waals surface area contributed by atoms with Crippen LogP contribution < -0.4 is 10.5 Å². The molecule has 0 spiro atoms. The standard InChI is InChI=1S/C13H10Br3NO/c14-9-2-4-13(12(16)5-9)18-7-8-1-3-10(17)6-11(8)15/h1-6H,7,17H2. The van der Waals surface area contributed by atoms with Crippen molar-refractivity contribution in [1.82, 2.24) is 0 Å². The molecule has 0 heterocycles. The third-order valence-corrected chi connectivity index (χ3v) is 4.21. The van der Waals surface area contributed by atoms with E-state index in [0.717, 1.165) is 30.4 Å². The fourth-order valence-corrected chi connectivity index (χ4v) is 3.10. The van der Waals surface area contributed by atoms with E-state index in [1.165, 1.54) is 0 Å². The van der Waals surface area contributed by atoms with Gasteiger partial charge in [-0.05, 0) is 46.3 Å². The van der Waals surface area contributed by atoms with Crippen molar-refractivity contribution in [3.05, 3.63) is 55.4 Å². The SMILES string of the molecule is Nc1ccc(COc2ccc(Br)cc2Br)c(Br)c1. The molecule has 0 aromatic heterocycles. The van der Waals surface area contributed by atoms with Crippen LogP contribution in [-0.4, -0.2) is 0 Å². The van der Waals surface area contributed by atoms with Crippen molar-refractivity contribution in [2.75, 3.05) is 5.73 Å². The lowest BCUT2D eigenvalue weighted by molar-refractivity contribution is 0.303. The highest BCUT2D eigenvalue weighted by molar-refractivity contribution is 9.11. The van der Waals surface area contributed by atoms with Crippen LogP contribution in [0.4, 0.5) is 5.69 Å². The summed E-state index contributed by atoms with van der Waals surface area (Å²) in [5.41, 5.74) is 7.48. The van der Waals surface area contributed by atoms with Gasteiger partial charge in [0.1, 0.15) is 12.4 Å². The molecular weight excluding hydrogens is 426 g/mol. The average molecular weight is 436 g/mol. The van der Waals surface area contributed by atoms with Crippen molar-refractivity contribution in [3.8, 4) is 5.75 Å². The van der Waals surface area contributed by atoms with Crippen LogP contribution in [0.25, 0.3) is 0 Å². The van der Waals surface area contributed by atoms with Crippen LogP contribution in [0.2, 0.25) is 0 Å². The predicted octanol–water partition coefficient (Wildman–Crippen LogP) is 5.14. The maximum absolute atomic E-state index is 5.76. The molecule has 0 bridgehead atoms. The zero-order valence-electron chi connectivity index (χ0n) is 9.29. The minimum atomic E-state index is 0.487. The summed E-state index contributed by atoms with van der Waals surface area (Å²) in [5.74, 6) is 0.807. The van der Waals surface area contributed by atoms with Gasteiger partial charge in [0.25, 0.3) is 0 Å². The third-order valence-electron chi connectivity index (χ3n) is 2.35. The van der Waals surface area contributed by atoms with Gasteiger partial charge in [0, 0.05) is 20.2 Å². The van der Waals surface area contributed by atoms with Crippen LogP contribution in [0, 0.1) is 0 Å². The van der Waals surface area contributed by atoms with Crippen molar-refractivity contribution in [1.29, 1.82) is 0 Å². The molecule has 2 N–H and O–H groups in total. The van der Waals surface area contributed by atoms with Gasteiger partial charge in [-0.15, -0.1) is 0 Å². The van der Waals surface area contributed by atoms with Crippen LogP contribution in [0.1, 0.15) is 5.56 Å². The number of halogens is 3. The van der Waals surface area contributed by atoms with E-state index < -0.39 is 0 Å². The Labute approximate surface area is 131 Å². The third kappa shape index (κ3) is 3.49. The first-order valence-corrected chi connectivity index (χ1v) is 7.56. The summed E-state index contributed by atoms with van der Waals surface area (Å²) in [6.45, 7) is 0.487. The first-order chi connectivity index (χ1) is 8.56. The maximum atomic E-state index is 5.76. The molecule has 0 saturated carbocycles. The monoisotopic (exact) mass is 433 g/mol. The van der Waals surface area contributed by atoms with E-state index >= 15 is 0 Å². The molecule has 94 valence electrons. The lowest BCUT2D eigenvalue weighted by Crippen LogP contribution is -1.98. The van der Waals surface area contributed by atoms with E-state index in [9.17, 15) is 0 Å². The Morgan fingerprint density at radius 2 is 1.72 bits per heavy atom. The van der Waals surface area contributed by atoms with Crippen LogP contribution in [0.15, 0.2) is 49.8 Å². The predicted molar refractivity (Wildman–Crippen MR) is 84.7 cm³/mol. The second-order valence-corrected chi connectivity index (χ2v) is 6.34. The Bertz CT molecular complexity index is 521. The first-order valence-electron chi connectivity index (χ1n) is 5.18. The van der Waals surface area contributed by atoms with Gasteiger partial charge >= 0.3 is 0 Å². The number of hydrogen-bond acceptors (Lipinski definition) is 2. The summed E-state index contributed by atoms with van der Waals surface area (Å²) in [6, 6.07) is 11.5. The van der Waals surface area contributed by atoms with Crippen LogP contribution in [0.3, 0.4) is 0 Å². The van der Waals surface area contributed by atoms with Crippen molar-refractivity contribution >= 4 is 53.5 Å². The quantitative estimate of drug-likeness (QED) is 0.678. The van der Waals surface area contributed by atoms with Gasteiger partial charge in [-0.1, -0.05) is 37.9 Å². The summed E-state index contributed by atoms with van der Waals surface area (Å²) in [6.07, 6.45) is 0. The number of rotatable bonds is 3. The highest BCUT2D eigenvalue weighted by Gasteiger charge is 2.05. The molecule has 2 aromatic rings. The molecular formula is C13H10Br3NO. The van der Waals surface area contributed by atoms with Crippen LogP contribution in [0.5, 0.6) is 5.75 Å². The molecule has 0 amide bonds. The molecule has 2 rings (SSSR count). The van der Waals surface area contributed by atoms with Crippen molar-refractivity contribution in [2.24, 2.45) is 0 Å². The molecule has 0 aliphatic rings. The van der Waals surface area contributed by atoms with Gasteiger partial charge in [-0.2, -0.15) is 0 Å². The molecule has 0 radical (unpaired) electrons. The normalized spacial score (nSPS) is 10.4. The summed E-state index contributed by atoms with van der Waals surface area (Å²) in [4.78, 5) is 0. The zero-order chi connectivity index (χ0) is 13.1. The molecule has 0 aliphatic heterocycles. The van der Waals surface area contributed by atoms with E-state index in [-0.39, 0.29) is 0 Å². The minimum Gasteiger partial charge on any atom is -0.488 e. The molecule has 0 atom stereocenters. The summed E-state index contributed by atoms with van der Waals surface area (Å²) in [5, 5.41) is 0. The number of ether oxygens (including phenoxy) is 1. The molecule has 0 unspecified atom stereocenters. The summed E-state index contributed by atoms with van der Waals surface area (Å²) in [7, 11) is 0. The number of anilines is 1. The van der Waals surface area contributed by atoms with Gasteiger partial charge in [0.15, 0.2) is 0 Å². The van der Waals surface area contributed by atoms with E-state index in [1.807, 2.05) is 36.4 Å². The smallest absolute Gasteiger partial charge is 0.134 e. The largest absolute Gasteiger partial charge is 0.488 e. The van der Waals surface area contributed by atoms with Gasteiger partial charge in [0.2, 0.25) is 0 Å². The molecule has 0 fully saturated rings. The molecule has 5 heteroatoms. The van der Waals surface area contributed by atoms with E-state index in [0.29, 0.717) is 6.61 Å². The minimum absolute atomic E-state index is 0.487. The van der Waals surface area contributed by atoms with E-state index in [4.69, 9.17) is 10.5 Å². The fourth-order valence-electron chi connectivity index (χ4n) is 1.43. The van der Waals surface area contributed by atoms with Gasteiger partial charge < -0.3 is 10.5 Å². The van der Waals surface area contributed by atoms with Crippen molar-refractivity contribution < 1.29 is 4.74 Å². The topological polar surface area (TPSA) is 35.2 Å². The van der Waals surface area contributed by atoms with E-state index in [1.54, 1.807) is 0 Å². The van der Waals surface area contributed by atoms with E-state index in [2.05, 4.69) is 47.8 Å². The number of nitrogens with two attached hydrogens (primary N) is 1. The van der Waals surface area contributed by atoms with Gasteiger partial charge in [0.05, 0.1) is 4.47 Å². The van der Waals surface area contributed by atoms with Crippen LogP contribution in [-0.2, 0) is 6.61 Å². The molecule has 0 aliphatic carbocycles. The fraction of sp³-hybridized carbons (Fsp3) is 0.0769. The summed E-state index contributed by atoms with van der Waals surface area (Å²) >= 11 is 10.3. The molecule has 2 nitrogen and oxygen atoms in total. The highest BCUT2D eigenvalue weighted by atomic mass is 79.9. The van der Waals surface area contributed by atoms with Crippen LogP contribution >= 0.6 is 47.8 Å². The highest BCUT2D eigenvalue weighted by Crippen LogP contribution is 2.29. The number of nitrogen functional groups attached to an aromatic ring is 1. The van der Waals surface area contributed by atoms with Gasteiger partial charge in [-0.3, -0.25) is 0 Å². The summed E-state index contributed by atoms with van der Waals surface area (Å²) < 4.78 is 8.64. The Morgan fingerprint density at radius 1 is 0.944 bits per heavy atom. The second-order valence-electron chi connectivity index (χ2n) is 3.71. The maximum Gasteiger partial charge on any atom is 0.134 e.